The van der Waals surface area contributed by atoms with Gasteiger partial charge in [-0.05, 0) is 43.6 Å². The fraction of sp³-hybridized carbons (Fsp3) is 0.478. The summed E-state index contributed by atoms with van der Waals surface area (Å²) < 4.78 is 0. The topological polar surface area (TPSA) is 108 Å². The Morgan fingerprint density at radius 3 is 2.44 bits per heavy atom. The molecule has 2 amide bonds. The van der Waals surface area contributed by atoms with Crippen LogP contribution in [0.2, 0.25) is 0 Å². The molecule has 32 heavy (non-hydrogen) atoms. The number of fused-ring (bicyclic) bond motifs is 9. The number of carboxylic acid groups (broad SMARTS) is 1. The lowest BCUT2D eigenvalue weighted by molar-refractivity contribution is -0.154. The smallest absolute Gasteiger partial charge is 0.326 e. The van der Waals surface area contributed by atoms with Gasteiger partial charge in [0.2, 0.25) is 11.8 Å². The van der Waals surface area contributed by atoms with Crippen molar-refractivity contribution < 1.29 is 19.5 Å². The van der Waals surface area contributed by atoms with Crippen LogP contribution < -0.4 is 4.87 Å². The average molecular weight is 471 g/mol. The maximum absolute atomic E-state index is 13.3. The maximum Gasteiger partial charge on any atom is 0.326 e. The van der Waals surface area contributed by atoms with Gasteiger partial charge in [-0.1, -0.05) is 41.2 Å². The second-order valence-corrected chi connectivity index (χ2v) is 11.6. The van der Waals surface area contributed by atoms with Gasteiger partial charge >= 0.3 is 10.8 Å². The van der Waals surface area contributed by atoms with E-state index in [2.05, 4.69) is 29.2 Å². The molecule has 0 unspecified atom stereocenters. The number of benzene rings is 1. The van der Waals surface area contributed by atoms with Gasteiger partial charge < -0.3 is 10.1 Å². The summed E-state index contributed by atoms with van der Waals surface area (Å²) in [5.41, 5.74) is 2.28. The predicted octanol–water partition coefficient (Wildman–Crippen LogP) is 2.69. The first-order valence-corrected chi connectivity index (χ1v) is 12.5. The van der Waals surface area contributed by atoms with Crippen LogP contribution in [-0.2, 0) is 14.4 Å². The molecule has 7 nitrogen and oxygen atoms in total. The summed E-state index contributed by atoms with van der Waals surface area (Å²) in [5.74, 6) is -2.61. The number of rotatable bonds is 3. The summed E-state index contributed by atoms with van der Waals surface area (Å²) >= 11 is 2.88. The van der Waals surface area contributed by atoms with E-state index in [-0.39, 0.29) is 45.6 Å². The SMILES string of the molecule is Cc1ccc([C@@H]2c3sc(=O)[nH]c3S[C@@H]3[C@@H]4C[C@H]([C@H]5C(=O)N([C@@H](C)C(=O)O)C(=O)[C@H]45)[C@H]23)cc1. The highest BCUT2D eigenvalue weighted by Gasteiger charge is 2.70. The molecular weight excluding hydrogens is 448 g/mol. The molecule has 1 aromatic heterocycles. The van der Waals surface area contributed by atoms with Crippen LogP contribution in [0.4, 0.5) is 0 Å². The molecular formula is C23H22N2O5S2. The highest BCUT2D eigenvalue weighted by molar-refractivity contribution is 8.00. The number of hydrogen-bond acceptors (Lipinski definition) is 6. The van der Waals surface area contributed by atoms with Crippen molar-refractivity contribution >= 4 is 40.9 Å². The number of likely N-dealkylation sites (tertiary alicyclic amines) is 1. The van der Waals surface area contributed by atoms with E-state index in [1.807, 2.05) is 6.92 Å². The van der Waals surface area contributed by atoms with E-state index in [1.165, 1.54) is 18.3 Å². The zero-order valence-electron chi connectivity index (χ0n) is 17.5. The molecule has 2 aliphatic heterocycles. The number of aryl methyl sites for hydroxylation is 1. The molecule has 1 saturated heterocycles. The van der Waals surface area contributed by atoms with Crippen LogP contribution in [-0.4, -0.2) is 44.1 Å². The summed E-state index contributed by atoms with van der Waals surface area (Å²) in [7, 11) is 0. The van der Waals surface area contributed by atoms with E-state index in [4.69, 9.17) is 0 Å². The molecule has 0 spiro atoms. The van der Waals surface area contributed by atoms with Crippen molar-refractivity contribution in [2.45, 2.75) is 42.5 Å². The van der Waals surface area contributed by atoms with Gasteiger partial charge in [-0.3, -0.25) is 19.3 Å². The van der Waals surface area contributed by atoms with Crippen LogP contribution in [0.15, 0.2) is 34.1 Å². The van der Waals surface area contributed by atoms with Crippen molar-refractivity contribution in [2.75, 3.05) is 0 Å². The second-order valence-electron chi connectivity index (χ2n) is 9.43. The Hall–Kier alpha value is -2.39. The first kappa shape index (κ1) is 20.2. The molecule has 3 heterocycles. The number of aromatic nitrogens is 1. The molecule has 6 rings (SSSR count). The number of H-pyrrole nitrogens is 1. The minimum atomic E-state index is -1.16. The van der Waals surface area contributed by atoms with Gasteiger partial charge in [-0.25, -0.2) is 4.79 Å². The summed E-state index contributed by atoms with van der Waals surface area (Å²) in [6.07, 6.45) is 0.798. The number of carboxylic acids is 1. The van der Waals surface area contributed by atoms with Crippen LogP contribution in [0.25, 0.3) is 0 Å². The average Bonchev–Trinajstić information content (AvgIpc) is 3.47. The lowest BCUT2D eigenvalue weighted by Gasteiger charge is -2.43. The normalized spacial score (nSPS) is 35.6. The minimum Gasteiger partial charge on any atom is -0.480 e. The van der Waals surface area contributed by atoms with Gasteiger partial charge in [0.15, 0.2) is 0 Å². The van der Waals surface area contributed by atoms with Crippen molar-refractivity contribution in [2.24, 2.45) is 29.6 Å². The molecule has 2 aliphatic carbocycles. The van der Waals surface area contributed by atoms with E-state index < -0.39 is 23.8 Å². The molecule has 9 heteroatoms. The number of nitrogens with one attached hydrogen (secondary N) is 1. The largest absolute Gasteiger partial charge is 0.480 e. The van der Waals surface area contributed by atoms with Crippen LogP contribution in [0.3, 0.4) is 0 Å². The molecule has 166 valence electrons. The van der Waals surface area contributed by atoms with Crippen LogP contribution in [0, 0.1) is 36.5 Å². The zero-order valence-corrected chi connectivity index (χ0v) is 19.1. The first-order chi connectivity index (χ1) is 15.3. The number of carbonyl (C=O) groups is 3. The van der Waals surface area contributed by atoms with E-state index in [1.54, 1.807) is 11.8 Å². The van der Waals surface area contributed by atoms with E-state index in [0.29, 0.717) is 0 Å². The fourth-order valence-electron chi connectivity index (χ4n) is 6.68. The van der Waals surface area contributed by atoms with Crippen molar-refractivity contribution in [1.29, 1.82) is 0 Å². The molecule has 2 bridgehead atoms. The summed E-state index contributed by atoms with van der Waals surface area (Å²) in [6, 6.07) is 7.19. The maximum atomic E-state index is 13.3. The Balaban J connectivity index is 1.45. The van der Waals surface area contributed by atoms with E-state index in [9.17, 15) is 24.3 Å². The van der Waals surface area contributed by atoms with Crippen molar-refractivity contribution in [3.05, 3.63) is 49.9 Å². The quantitative estimate of drug-likeness (QED) is 0.668. The fourth-order valence-corrected chi connectivity index (χ4v) is 9.57. The van der Waals surface area contributed by atoms with Gasteiger partial charge in [0.05, 0.1) is 16.9 Å². The number of aromatic amines is 1. The molecule has 1 aromatic carbocycles. The van der Waals surface area contributed by atoms with Crippen molar-refractivity contribution in [3.8, 4) is 0 Å². The number of aliphatic carboxylic acids is 1. The van der Waals surface area contributed by atoms with Gasteiger partial charge in [0.1, 0.15) is 6.04 Å². The van der Waals surface area contributed by atoms with Gasteiger partial charge in [-0.15, -0.1) is 11.8 Å². The van der Waals surface area contributed by atoms with Crippen LogP contribution >= 0.6 is 23.1 Å². The Labute approximate surface area is 192 Å². The zero-order chi connectivity index (χ0) is 22.5. The molecule has 2 saturated carbocycles. The van der Waals surface area contributed by atoms with Crippen LogP contribution in [0.5, 0.6) is 0 Å². The molecule has 3 fully saturated rings. The third-order valence-electron chi connectivity index (χ3n) is 7.94. The second kappa shape index (κ2) is 6.81. The monoisotopic (exact) mass is 470 g/mol. The standard InChI is InChI=1S/C23H22N2O5S2/c1-8-3-5-10(6-4-8)13-14-11-7-12(17(14)31-19-18(13)32-23(30)24-19)16-15(11)20(26)25(21(16)27)9(2)22(28)29/h3-6,9,11-17H,7H2,1-2H3,(H,24,30)(H,28,29)/t9-,11-,12+,13-,14+,15+,16+,17+/m0/s1. The highest BCUT2D eigenvalue weighted by atomic mass is 32.2. The lowest BCUT2D eigenvalue weighted by atomic mass is 9.68. The molecule has 0 radical (unpaired) electrons. The Kier molecular flexibility index (Phi) is 4.30. The third-order valence-corrected chi connectivity index (χ3v) is 10.5. The number of thiazole rings is 1. The van der Waals surface area contributed by atoms with E-state index in [0.717, 1.165) is 32.4 Å². The molecule has 4 aliphatic rings. The minimum absolute atomic E-state index is 0.00148. The predicted molar refractivity (Wildman–Crippen MR) is 119 cm³/mol. The first-order valence-electron chi connectivity index (χ1n) is 10.8. The Morgan fingerprint density at radius 2 is 1.78 bits per heavy atom. The molecule has 2 N–H and O–H groups in total. The number of hydrogen-bond donors (Lipinski definition) is 2. The number of thioether (sulfide) groups is 1. The summed E-state index contributed by atoms with van der Waals surface area (Å²) in [6.45, 7) is 3.44. The number of nitrogens with zero attached hydrogens (tertiary/aromatic N) is 1. The van der Waals surface area contributed by atoms with Crippen molar-refractivity contribution in [3.63, 3.8) is 0 Å². The van der Waals surface area contributed by atoms with Crippen molar-refractivity contribution in [1.82, 2.24) is 9.88 Å². The lowest BCUT2D eigenvalue weighted by Crippen LogP contribution is -2.44. The van der Waals surface area contributed by atoms with Gasteiger partial charge in [0.25, 0.3) is 0 Å². The number of carbonyl (C=O) groups excluding carboxylic acids is 2. The number of imide groups is 1. The number of amides is 2. The van der Waals surface area contributed by atoms with Gasteiger partial charge in [-0.2, -0.15) is 0 Å². The Morgan fingerprint density at radius 1 is 1.12 bits per heavy atom. The molecule has 2 aromatic rings. The highest BCUT2D eigenvalue weighted by Crippen LogP contribution is 2.68. The summed E-state index contributed by atoms with van der Waals surface area (Å²) in [5, 5.41) is 10.4. The van der Waals surface area contributed by atoms with Gasteiger partial charge in [0, 0.05) is 16.0 Å². The Bertz CT molecular complexity index is 1220. The van der Waals surface area contributed by atoms with Crippen LogP contribution in [0.1, 0.15) is 35.3 Å². The summed E-state index contributed by atoms with van der Waals surface area (Å²) in [4.78, 5) is 55.3. The molecule has 8 atom stereocenters. The third kappa shape index (κ3) is 2.55. The van der Waals surface area contributed by atoms with E-state index >= 15 is 0 Å².